The summed E-state index contributed by atoms with van der Waals surface area (Å²) in [5.74, 6) is 0.354. The molecule has 1 aromatic rings. The van der Waals surface area contributed by atoms with Crippen molar-refractivity contribution in [1.29, 1.82) is 0 Å². The van der Waals surface area contributed by atoms with Gasteiger partial charge in [-0.05, 0) is 42.9 Å². The normalized spacial score (nSPS) is 25.3. The second-order valence-corrected chi connectivity index (χ2v) is 6.65. The lowest BCUT2D eigenvalue weighted by Gasteiger charge is -2.27. The van der Waals surface area contributed by atoms with Gasteiger partial charge in [0.2, 0.25) is 0 Å². The van der Waals surface area contributed by atoms with Crippen LogP contribution in [0.3, 0.4) is 0 Å². The number of hydrogen-bond donors (Lipinski definition) is 1. The molecule has 1 N–H and O–H groups in total. The maximum Gasteiger partial charge on any atom is 0.123 e. The van der Waals surface area contributed by atoms with E-state index in [0.717, 1.165) is 6.04 Å². The number of hydrogen-bond acceptors (Lipinski definition) is 2. The van der Waals surface area contributed by atoms with Gasteiger partial charge in [-0.1, -0.05) is 26.0 Å². The van der Waals surface area contributed by atoms with E-state index in [1.54, 1.807) is 12.1 Å². The Labute approximate surface area is 121 Å². The van der Waals surface area contributed by atoms with Crippen molar-refractivity contribution in [2.75, 3.05) is 13.1 Å². The molecular weight excluding hydrogens is 251 g/mol. The van der Waals surface area contributed by atoms with Gasteiger partial charge in [-0.2, -0.15) is 0 Å². The monoisotopic (exact) mass is 276 g/mol. The zero-order valence-corrected chi connectivity index (χ0v) is 12.5. The summed E-state index contributed by atoms with van der Waals surface area (Å²) in [7, 11) is 0. The Bertz CT molecular complexity index is 439. The molecule has 1 aromatic carbocycles. The maximum absolute atomic E-state index is 13.1. The Kier molecular flexibility index (Phi) is 4.08. The fraction of sp³-hybridized carbons (Fsp3) is 0.647. The van der Waals surface area contributed by atoms with Crippen molar-refractivity contribution in [3.63, 3.8) is 0 Å². The molecule has 1 aliphatic carbocycles. The van der Waals surface area contributed by atoms with Gasteiger partial charge in [0.25, 0.3) is 0 Å². The Balaban J connectivity index is 1.64. The molecule has 2 aliphatic rings. The minimum atomic E-state index is -0.156. The van der Waals surface area contributed by atoms with Crippen molar-refractivity contribution in [3.05, 3.63) is 35.6 Å². The second kappa shape index (κ2) is 5.82. The van der Waals surface area contributed by atoms with Crippen LogP contribution in [0.15, 0.2) is 24.3 Å². The first-order chi connectivity index (χ1) is 9.63. The highest BCUT2D eigenvalue weighted by molar-refractivity contribution is 5.20. The van der Waals surface area contributed by atoms with Crippen LogP contribution in [0.2, 0.25) is 0 Å². The highest BCUT2D eigenvalue weighted by Crippen LogP contribution is 2.31. The molecule has 110 valence electrons. The zero-order valence-electron chi connectivity index (χ0n) is 12.5. The predicted molar refractivity (Wildman–Crippen MR) is 80.1 cm³/mol. The molecule has 2 nitrogen and oxygen atoms in total. The van der Waals surface area contributed by atoms with Crippen LogP contribution >= 0.6 is 0 Å². The van der Waals surface area contributed by atoms with Gasteiger partial charge in [-0.15, -0.1) is 0 Å². The van der Waals surface area contributed by atoms with E-state index in [2.05, 4.69) is 24.1 Å². The molecule has 1 aliphatic heterocycles. The molecule has 20 heavy (non-hydrogen) atoms. The molecular formula is C17H25FN2. The van der Waals surface area contributed by atoms with Crippen LogP contribution in [0.4, 0.5) is 4.39 Å². The van der Waals surface area contributed by atoms with Crippen LogP contribution in [0.25, 0.3) is 0 Å². The zero-order chi connectivity index (χ0) is 14.1. The summed E-state index contributed by atoms with van der Waals surface area (Å²) < 4.78 is 13.1. The van der Waals surface area contributed by atoms with E-state index < -0.39 is 0 Å². The van der Waals surface area contributed by atoms with E-state index in [1.165, 1.54) is 37.9 Å². The third-order valence-corrected chi connectivity index (χ3v) is 4.59. The first kappa shape index (κ1) is 14.0. The molecule has 0 spiro atoms. The molecule has 1 heterocycles. The van der Waals surface area contributed by atoms with E-state index in [-0.39, 0.29) is 5.82 Å². The summed E-state index contributed by atoms with van der Waals surface area (Å²) in [4.78, 5) is 2.62. The largest absolute Gasteiger partial charge is 0.306 e. The molecule has 1 saturated carbocycles. The summed E-state index contributed by atoms with van der Waals surface area (Å²) in [5, 5.41) is 3.80. The highest BCUT2D eigenvalue weighted by atomic mass is 19.1. The third-order valence-electron chi connectivity index (χ3n) is 4.59. The van der Waals surface area contributed by atoms with E-state index in [9.17, 15) is 4.39 Å². The van der Waals surface area contributed by atoms with Crippen LogP contribution < -0.4 is 5.32 Å². The molecule has 1 saturated heterocycles. The molecule has 0 amide bonds. The van der Waals surface area contributed by atoms with E-state index in [1.807, 2.05) is 12.1 Å². The van der Waals surface area contributed by atoms with Crippen molar-refractivity contribution in [2.24, 2.45) is 5.92 Å². The standard InChI is InChI=1S/C17H25FN2/c1-12(2)17(13-3-5-14(18)6-4-13)19-15-9-10-20(11-15)16-7-8-16/h3-6,12,15-17,19H,7-11H2,1-2H3. The summed E-state index contributed by atoms with van der Waals surface area (Å²) in [5.41, 5.74) is 1.20. The smallest absolute Gasteiger partial charge is 0.123 e. The maximum atomic E-state index is 13.1. The lowest BCUT2D eigenvalue weighted by Crippen LogP contribution is -2.37. The van der Waals surface area contributed by atoms with Crippen molar-refractivity contribution < 1.29 is 4.39 Å². The van der Waals surface area contributed by atoms with Gasteiger partial charge in [0.05, 0.1) is 0 Å². The molecule has 2 atom stereocenters. The molecule has 3 rings (SSSR count). The van der Waals surface area contributed by atoms with E-state index >= 15 is 0 Å². The topological polar surface area (TPSA) is 15.3 Å². The first-order valence-corrected chi connectivity index (χ1v) is 7.89. The summed E-state index contributed by atoms with van der Waals surface area (Å²) in [6, 6.07) is 8.73. The van der Waals surface area contributed by atoms with Crippen LogP contribution in [-0.2, 0) is 0 Å². The van der Waals surface area contributed by atoms with Gasteiger partial charge in [-0.3, -0.25) is 4.90 Å². The van der Waals surface area contributed by atoms with Crippen molar-refractivity contribution in [1.82, 2.24) is 10.2 Å². The van der Waals surface area contributed by atoms with Gasteiger partial charge in [-0.25, -0.2) is 4.39 Å². The summed E-state index contributed by atoms with van der Waals surface area (Å²) >= 11 is 0. The van der Waals surface area contributed by atoms with Gasteiger partial charge >= 0.3 is 0 Å². The molecule has 2 unspecified atom stereocenters. The van der Waals surface area contributed by atoms with Crippen molar-refractivity contribution >= 4 is 0 Å². The quantitative estimate of drug-likeness (QED) is 0.887. The molecule has 2 fully saturated rings. The lowest BCUT2D eigenvalue weighted by atomic mass is 9.95. The van der Waals surface area contributed by atoms with Gasteiger partial charge in [0.15, 0.2) is 0 Å². The number of likely N-dealkylation sites (tertiary alicyclic amines) is 1. The van der Waals surface area contributed by atoms with Gasteiger partial charge in [0, 0.05) is 31.2 Å². The SMILES string of the molecule is CC(C)C(NC1CCN(C2CC2)C1)c1ccc(F)cc1. The van der Waals surface area contributed by atoms with Crippen LogP contribution in [0.1, 0.15) is 44.7 Å². The Hall–Kier alpha value is -0.930. The summed E-state index contributed by atoms with van der Waals surface area (Å²) in [6.07, 6.45) is 4.01. The second-order valence-electron chi connectivity index (χ2n) is 6.65. The third kappa shape index (κ3) is 3.21. The fourth-order valence-electron chi connectivity index (χ4n) is 3.29. The van der Waals surface area contributed by atoms with Gasteiger partial charge < -0.3 is 5.32 Å². The highest BCUT2D eigenvalue weighted by Gasteiger charge is 2.35. The molecule has 3 heteroatoms. The Morgan fingerprint density at radius 3 is 2.45 bits per heavy atom. The molecule has 0 aromatic heterocycles. The first-order valence-electron chi connectivity index (χ1n) is 7.89. The molecule has 0 bridgehead atoms. The van der Waals surface area contributed by atoms with Crippen LogP contribution in [-0.4, -0.2) is 30.1 Å². The average Bonchev–Trinajstić information content (AvgIpc) is 3.17. The number of benzene rings is 1. The number of nitrogens with one attached hydrogen (secondary N) is 1. The average molecular weight is 276 g/mol. The number of rotatable bonds is 5. The Morgan fingerprint density at radius 2 is 1.85 bits per heavy atom. The van der Waals surface area contributed by atoms with Crippen LogP contribution in [0, 0.1) is 11.7 Å². The summed E-state index contributed by atoms with van der Waals surface area (Å²) in [6.45, 7) is 6.87. The fourth-order valence-corrected chi connectivity index (χ4v) is 3.29. The number of halogens is 1. The van der Waals surface area contributed by atoms with Crippen LogP contribution in [0.5, 0.6) is 0 Å². The van der Waals surface area contributed by atoms with Gasteiger partial charge in [0.1, 0.15) is 5.82 Å². The van der Waals surface area contributed by atoms with E-state index in [4.69, 9.17) is 0 Å². The van der Waals surface area contributed by atoms with E-state index in [0.29, 0.717) is 18.0 Å². The molecule has 0 radical (unpaired) electrons. The number of nitrogens with zero attached hydrogens (tertiary/aromatic N) is 1. The predicted octanol–water partition coefficient (Wildman–Crippen LogP) is 3.35. The Morgan fingerprint density at radius 1 is 1.15 bits per heavy atom. The van der Waals surface area contributed by atoms with Crippen molar-refractivity contribution in [2.45, 2.75) is 51.2 Å². The lowest BCUT2D eigenvalue weighted by molar-refractivity contribution is 0.302. The van der Waals surface area contributed by atoms with Crippen molar-refractivity contribution in [3.8, 4) is 0 Å². The minimum absolute atomic E-state index is 0.156. The minimum Gasteiger partial charge on any atom is -0.306 e.